The number of aliphatic hydroxyl groups excluding tert-OH is 1. The number of hydrogen-bond acceptors (Lipinski definition) is 2. The smallest absolute Gasteiger partial charge is 0.169 e. The van der Waals surface area contributed by atoms with E-state index in [9.17, 15) is 9.90 Å². The normalized spacial score (nSPS) is 22.6. The lowest BCUT2D eigenvalue weighted by atomic mass is 9.81. The maximum atomic E-state index is 12.9. The Balaban J connectivity index is 1.84. The average Bonchev–Trinajstić information content (AvgIpc) is 3.05. The van der Waals surface area contributed by atoms with E-state index in [-0.39, 0.29) is 17.6 Å². The second kappa shape index (κ2) is 6.03. The zero-order valence-corrected chi connectivity index (χ0v) is 15.2. The number of rotatable bonds is 2. The van der Waals surface area contributed by atoms with Crippen molar-refractivity contribution in [2.24, 2.45) is 11.8 Å². The fraction of sp³-hybridized carbons (Fsp3) is 0.318. The number of halogens is 1. The standard InChI is InChI=1S/C22H21ClO2/c1-12-3-4-15(14-7-8-19(23)13(2)9-14)11-18(12)20-21(24)16-5-6-17(10-16)22(20)25/h3-4,7-9,11,16-17,24H,5-6,10H2,1-2H3. The molecule has 2 atom stereocenters. The highest BCUT2D eigenvalue weighted by Crippen LogP contribution is 2.46. The van der Waals surface area contributed by atoms with E-state index in [2.05, 4.69) is 12.1 Å². The number of hydrogen-bond donors (Lipinski definition) is 1. The molecule has 2 aliphatic carbocycles. The molecule has 1 fully saturated rings. The Morgan fingerprint density at radius 1 is 0.960 bits per heavy atom. The molecule has 1 N–H and O–H groups in total. The summed E-state index contributed by atoms with van der Waals surface area (Å²) in [4.78, 5) is 12.9. The van der Waals surface area contributed by atoms with Crippen LogP contribution in [0.3, 0.4) is 0 Å². The predicted octanol–water partition coefficient (Wildman–Crippen LogP) is 5.89. The molecule has 2 bridgehead atoms. The summed E-state index contributed by atoms with van der Waals surface area (Å²) in [6.07, 6.45) is 2.62. The molecule has 4 rings (SSSR count). The van der Waals surface area contributed by atoms with Gasteiger partial charge in [0.1, 0.15) is 5.76 Å². The number of ketones is 1. The van der Waals surface area contributed by atoms with Crippen molar-refractivity contribution in [2.45, 2.75) is 33.1 Å². The molecule has 2 unspecified atom stereocenters. The van der Waals surface area contributed by atoms with Crippen LogP contribution in [-0.4, -0.2) is 10.9 Å². The highest BCUT2D eigenvalue weighted by atomic mass is 35.5. The molecule has 0 aliphatic heterocycles. The van der Waals surface area contributed by atoms with Crippen molar-refractivity contribution in [3.05, 3.63) is 63.9 Å². The highest BCUT2D eigenvalue weighted by Gasteiger charge is 2.41. The van der Waals surface area contributed by atoms with Crippen molar-refractivity contribution >= 4 is 23.0 Å². The van der Waals surface area contributed by atoms with Crippen molar-refractivity contribution in [1.82, 2.24) is 0 Å². The number of aliphatic hydroxyl groups is 1. The molecule has 0 aromatic heterocycles. The zero-order chi connectivity index (χ0) is 17.7. The minimum absolute atomic E-state index is 0.0803. The van der Waals surface area contributed by atoms with Gasteiger partial charge < -0.3 is 5.11 Å². The second-order valence-electron chi connectivity index (χ2n) is 7.33. The topological polar surface area (TPSA) is 37.3 Å². The fourth-order valence-electron chi connectivity index (χ4n) is 4.17. The van der Waals surface area contributed by atoms with Gasteiger partial charge in [0.05, 0.1) is 5.57 Å². The molecule has 3 heteroatoms. The summed E-state index contributed by atoms with van der Waals surface area (Å²) in [5, 5.41) is 11.4. The third-order valence-electron chi connectivity index (χ3n) is 5.69. The average molecular weight is 353 g/mol. The van der Waals surface area contributed by atoms with Crippen molar-refractivity contribution in [3.8, 4) is 11.1 Å². The van der Waals surface area contributed by atoms with Gasteiger partial charge in [-0.05, 0) is 79.1 Å². The van der Waals surface area contributed by atoms with Gasteiger partial charge in [0.25, 0.3) is 0 Å². The van der Waals surface area contributed by atoms with Crippen LogP contribution in [0.2, 0.25) is 5.02 Å². The molecular formula is C22H21ClO2. The Morgan fingerprint density at radius 2 is 1.64 bits per heavy atom. The van der Waals surface area contributed by atoms with E-state index in [1.165, 1.54) is 0 Å². The molecule has 25 heavy (non-hydrogen) atoms. The summed E-state index contributed by atoms with van der Waals surface area (Å²) in [6, 6.07) is 12.1. The minimum atomic E-state index is 0.0803. The van der Waals surface area contributed by atoms with Gasteiger partial charge in [0, 0.05) is 16.9 Å². The minimum Gasteiger partial charge on any atom is -0.511 e. The molecule has 0 amide bonds. The maximum Gasteiger partial charge on any atom is 0.169 e. The SMILES string of the molecule is Cc1cc(-c2ccc(C)c(C3=C(O)C4CCC(C4)C3=O)c2)ccc1Cl. The third kappa shape index (κ3) is 2.69. The van der Waals surface area contributed by atoms with Crippen molar-refractivity contribution < 1.29 is 9.90 Å². The maximum absolute atomic E-state index is 12.9. The summed E-state index contributed by atoms with van der Waals surface area (Å²) in [5.41, 5.74) is 5.55. The van der Waals surface area contributed by atoms with Crippen LogP contribution in [0.15, 0.2) is 42.2 Å². The molecular weight excluding hydrogens is 332 g/mol. The largest absolute Gasteiger partial charge is 0.511 e. The summed E-state index contributed by atoms with van der Waals surface area (Å²) in [7, 11) is 0. The first-order chi connectivity index (χ1) is 12.0. The Bertz CT molecular complexity index is 910. The van der Waals surface area contributed by atoms with Crippen LogP contribution in [0.25, 0.3) is 16.7 Å². The van der Waals surface area contributed by atoms with Crippen molar-refractivity contribution in [3.63, 3.8) is 0 Å². The quantitative estimate of drug-likeness (QED) is 0.731. The van der Waals surface area contributed by atoms with Crippen molar-refractivity contribution in [1.29, 1.82) is 0 Å². The lowest BCUT2D eigenvalue weighted by Crippen LogP contribution is -2.21. The number of fused-ring (bicyclic) bond motifs is 2. The lowest BCUT2D eigenvalue weighted by molar-refractivity contribution is -0.117. The van der Waals surface area contributed by atoms with E-state index in [0.29, 0.717) is 11.3 Å². The summed E-state index contributed by atoms with van der Waals surface area (Å²) < 4.78 is 0. The van der Waals surface area contributed by atoms with Crippen LogP contribution in [-0.2, 0) is 4.79 Å². The molecule has 128 valence electrons. The zero-order valence-electron chi connectivity index (χ0n) is 14.5. The molecule has 1 saturated carbocycles. The van der Waals surface area contributed by atoms with Crippen LogP contribution >= 0.6 is 11.6 Å². The first-order valence-electron chi connectivity index (χ1n) is 8.80. The van der Waals surface area contributed by atoms with Gasteiger partial charge in [-0.1, -0.05) is 29.8 Å². The lowest BCUT2D eigenvalue weighted by Gasteiger charge is -2.23. The highest BCUT2D eigenvalue weighted by molar-refractivity contribution is 6.31. The first kappa shape index (κ1) is 16.4. The van der Waals surface area contributed by atoms with Gasteiger partial charge >= 0.3 is 0 Å². The Hall–Kier alpha value is -2.06. The first-order valence-corrected chi connectivity index (χ1v) is 9.18. The molecule has 2 nitrogen and oxygen atoms in total. The summed E-state index contributed by atoms with van der Waals surface area (Å²) >= 11 is 6.14. The number of benzene rings is 2. The van der Waals surface area contributed by atoms with Crippen LogP contribution in [0, 0.1) is 25.7 Å². The fourth-order valence-corrected chi connectivity index (χ4v) is 4.29. The monoisotopic (exact) mass is 352 g/mol. The van der Waals surface area contributed by atoms with Gasteiger partial charge in [-0.3, -0.25) is 4.79 Å². The third-order valence-corrected chi connectivity index (χ3v) is 6.11. The molecule has 0 heterocycles. The Kier molecular flexibility index (Phi) is 3.96. The van der Waals surface area contributed by atoms with E-state index in [4.69, 9.17) is 11.6 Å². The molecule has 2 aromatic rings. The predicted molar refractivity (Wildman–Crippen MR) is 102 cm³/mol. The van der Waals surface area contributed by atoms with E-state index >= 15 is 0 Å². The van der Waals surface area contributed by atoms with Gasteiger partial charge in [-0.15, -0.1) is 0 Å². The van der Waals surface area contributed by atoms with Gasteiger partial charge in [-0.2, -0.15) is 0 Å². The summed E-state index contributed by atoms with van der Waals surface area (Å²) in [6.45, 7) is 3.98. The van der Waals surface area contributed by atoms with Crippen LogP contribution in [0.4, 0.5) is 0 Å². The number of allylic oxidation sites excluding steroid dienone is 2. The number of Topliss-reactive ketones (excluding diaryl/α,β-unsaturated/α-hetero) is 1. The van der Waals surface area contributed by atoms with E-state index in [0.717, 1.165) is 52.1 Å². The second-order valence-corrected chi connectivity index (χ2v) is 7.73. The van der Waals surface area contributed by atoms with E-state index < -0.39 is 0 Å². The van der Waals surface area contributed by atoms with Crippen LogP contribution in [0.1, 0.15) is 36.0 Å². The molecule has 0 spiro atoms. The van der Waals surface area contributed by atoms with Crippen molar-refractivity contribution in [2.75, 3.05) is 0 Å². The number of aryl methyl sites for hydroxylation is 2. The van der Waals surface area contributed by atoms with Crippen LogP contribution in [0.5, 0.6) is 0 Å². The van der Waals surface area contributed by atoms with Gasteiger partial charge in [-0.25, -0.2) is 0 Å². The molecule has 2 aliphatic rings. The van der Waals surface area contributed by atoms with Crippen LogP contribution < -0.4 is 0 Å². The van der Waals surface area contributed by atoms with Gasteiger partial charge in [0.2, 0.25) is 0 Å². The van der Waals surface area contributed by atoms with Gasteiger partial charge in [0.15, 0.2) is 5.78 Å². The van der Waals surface area contributed by atoms with E-state index in [1.807, 2.05) is 38.1 Å². The molecule has 0 radical (unpaired) electrons. The Labute approximate surface area is 153 Å². The molecule has 0 saturated heterocycles. The number of carbonyl (C=O) groups excluding carboxylic acids is 1. The number of carbonyl (C=O) groups is 1. The summed E-state index contributed by atoms with van der Waals surface area (Å²) in [5.74, 6) is 0.639. The Morgan fingerprint density at radius 3 is 2.40 bits per heavy atom. The van der Waals surface area contributed by atoms with E-state index in [1.54, 1.807) is 0 Å². The molecule has 2 aromatic carbocycles.